The van der Waals surface area contributed by atoms with Crippen LogP contribution in [0.2, 0.25) is 0 Å². The zero-order valence-corrected chi connectivity index (χ0v) is 15.9. The highest BCUT2D eigenvalue weighted by molar-refractivity contribution is 7.92. The predicted molar refractivity (Wildman–Crippen MR) is 108 cm³/mol. The first kappa shape index (κ1) is 18.7. The second-order valence-corrected chi connectivity index (χ2v) is 7.93. The number of benzene rings is 3. The summed E-state index contributed by atoms with van der Waals surface area (Å²) in [6, 6.07) is 20.3. The fraction of sp³-hybridized carbons (Fsp3) is 0.0952. The lowest BCUT2D eigenvalue weighted by atomic mass is 10.1. The molecule has 3 rings (SSSR count). The van der Waals surface area contributed by atoms with Crippen molar-refractivity contribution in [2.45, 2.75) is 18.7 Å². The number of aryl methyl sites for hydroxylation is 2. The Morgan fingerprint density at radius 1 is 0.778 bits per heavy atom. The molecule has 27 heavy (non-hydrogen) atoms. The summed E-state index contributed by atoms with van der Waals surface area (Å²) in [7, 11) is -3.73. The Kier molecular flexibility index (Phi) is 5.28. The third-order valence-electron chi connectivity index (χ3n) is 4.22. The predicted octanol–water partition coefficient (Wildman–Crippen LogP) is 4.36. The third-order valence-corrected chi connectivity index (χ3v) is 5.61. The summed E-state index contributed by atoms with van der Waals surface area (Å²) in [4.78, 5) is 12.4. The fourth-order valence-electron chi connectivity index (χ4n) is 2.53. The smallest absolute Gasteiger partial charge is 0.261 e. The molecule has 0 atom stereocenters. The molecule has 2 N–H and O–H groups in total. The van der Waals surface area contributed by atoms with Gasteiger partial charge in [-0.3, -0.25) is 9.52 Å². The second-order valence-electron chi connectivity index (χ2n) is 6.25. The minimum atomic E-state index is -3.73. The van der Waals surface area contributed by atoms with Gasteiger partial charge < -0.3 is 5.32 Å². The average molecular weight is 380 g/mol. The van der Waals surface area contributed by atoms with Gasteiger partial charge in [-0.25, -0.2) is 8.42 Å². The van der Waals surface area contributed by atoms with Crippen molar-refractivity contribution in [2.75, 3.05) is 10.0 Å². The standard InChI is InChI=1S/C21H20N2O3S/c1-15-8-11-19(14-16(15)2)23-27(25,26)20-12-9-17(10-13-20)21(24)22-18-6-4-3-5-7-18/h3-14,23H,1-2H3,(H,22,24). The van der Waals surface area contributed by atoms with Gasteiger partial charge in [0.1, 0.15) is 0 Å². The van der Waals surface area contributed by atoms with Gasteiger partial charge in [0.25, 0.3) is 15.9 Å². The van der Waals surface area contributed by atoms with Gasteiger partial charge in [0, 0.05) is 16.9 Å². The van der Waals surface area contributed by atoms with Crippen LogP contribution in [0.15, 0.2) is 77.7 Å². The molecule has 0 heterocycles. The molecule has 0 aliphatic carbocycles. The minimum Gasteiger partial charge on any atom is -0.322 e. The Morgan fingerprint density at radius 3 is 2.07 bits per heavy atom. The Bertz CT molecular complexity index is 1060. The van der Waals surface area contributed by atoms with E-state index in [2.05, 4.69) is 10.0 Å². The largest absolute Gasteiger partial charge is 0.322 e. The number of anilines is 2. The topological polar surface area (TPSA) is 75.3 Å². The maximum Gasteiger partial charge on any atom is 0.261 e. The van der Waals surface area contributed by atoms with Gasteiger partial charge in [-0.1, -0.05) is 24.3 Å². The van der Waals surface area contributed by atoms with Crippen molar-refractivity contribution in [3.63, 3.8) is 0 Å². The van der Waals surface area contributed by atoms with Crippen molar-refractivity contribution in [1.29, 1.82) is 0 Å². The molecule has 0 radical (unpaired) electrons. The number of amides is 1. The zero-order chi connectivity index (χ0) is 19.4. The van der Waals surface area contributed by atoms with Crippen molar-refractivity contribution in [2.24, 2.45) is 0 Å². The maximum absolute atomic E-state index is 12.6. The lowest BCUT2D eigenvalue weighted by molar-refractivity contribution is 0.102. The molecule has 5 nitrogen and oxygen atoms in total. The molecule has 0 bridgehead atoms. The summed E-state index contributed by atoms with van der Waals surface area (Å²) in [6.45, 7) is 3.89. The summed E-state index contributed by atoms with van der Waals surface area (Å²) in [5.74, 6) is -0.299. The van der Waals surface area contributed by atoms with E-state index >= 15 is 0 Å². The van der Waals surface area contributed by atoms with E-state index in [4.69, 9.17) is 0 Å². The Balaban J connectivity index is 1.75. The lowest BCUT2D eigenvalue weighted by Gasteiger charge is -2.10. The van der Waals surface area contributed by atoms with Gasteiger partial charge in [-0.15, -0.1) is 0 Å². The molecule has 0 aliphatic rings. The van der Waals surface area contributed by atoms with Gasteiger partial charge in [0.15, 0.2) is 0 Å². The van der Waals surface area contributed by atoms with Crippen LogP contribution in [-0.2, 0) is 10.0 Å². The van der Waals surface area contributed by atoms with Gasteiger partial charge in [-0.05, 0) is 73.5 Å². The molecule has 3 aromatic carbocycles. The van der Waals surface area contributed by atoms with Crippen molar-refractivity contribution in [3.8, 4) is 0 Å². The van der Waals surface area contributed by atoms with Crippen LogP contribution in [0.1, 0.15) is 21.5 Å². The molecule has 3 aromatic rings. The molecule has 138 valence electrons. The molecule has 0 saturated heterocycles. The van der Waals surface area contributed by atoms with E-state index in [1.807, 2.05) is 38.1 Å². The molecular weight excluding hydrogens is 360 g/mol. The Hall–Kier alpha value is -3.12. The number of para-hydroxylation sites is 1. The summed E-state index contributed by atoms with van der Waals surface area (Å²) >= 11 is 0. The number of sulfonamides is 1. The highest BCUT2D eigenvalue weighted by Gasteiger charge is 2.15. The first-order chi connectivity index (χ1) is 12.8. The monoisotopic (exact) mass is 380 g/mol. The van der Waals surface area contributed by atoms with Crippen molar-refractivity contribution in [3.05, 3.63) is 89.5 Å². The van der Waals surface area contributed by atoms with Gasteiger partial charge in [0.2, 0.25) is 0 Å². The van der Waals surface area contributed by atoms with Crippen molar-refractivity contribution < 1.29 is 13.2 Å². The minimum absolute atomic E-state index is 0.0944. The number of carbonyl (C=O) groups excluding carboxylic acids is 1. The molecule has 0 spiro atoms. The second kappa shape index (κ2) is 7.63. The molecular formula is C21H20N2O3S. The first-order valence-electron chi connectivity index (χ1n) is 8.42. The molecule has 0 aliphatic heterocycles. The van der Waals surface area contributed by atoms with Crippen LogP contribution >= 0.6 is 0 Å². The molecule has 0 fully saturated rings. The zero-order valence-electron chi connectivity index (χ0n) is 15.1. The van der Waals surface area contributed by atoms with Crippen LogP contribution in [0.3, 0.4) is 0 Å². The van der Waals surface area contributed by atoms with E-state index in [0.29, 0.717) is 16.9 Å². The van der Waals surface area contributed by atoms with E-state index in [9.17, 15) is 13.2 Å². The molecule has 0 aromatic heterocycles. The highest BCUT2D eigenvalue weighted by atomic mass is 32.2. The number of nitrogens with one attached hydrogen (secondary N) is 2. The van der Waals surface area contributed by atoms with Crippen LogP contribution in [0.5, 0.6) is 0 Å². The number of rotatable bonds is 5. The molecule has 0 unspecified atom stereocenters. The van der Waals surface area contributed by atoms with E-state index in [1.165, 1.54) is 24.3 Å². The van der Waals surface area contributed by atoms with E-state index in [-0.39, 0.29) is 10.8 Å². The Morgan fingerprint density at radius 2 is 1.44 bits per heavy atom. The van der Waals surface area contributed by atoms with Gasteiger partial charge >= 0.3 is 0 Å². The average Bonchev–Trinajstić information content (AvgIpc) is 2.65. The van der Waals surface area contributed by atoms with Crippen molar-refractivity contribution >= 4 is 27.3 Å². The molecule has 1 amide bonds. The van der Waals surface area contributed by atoms with Crippen LogP contribution in [0.4, 0.5) is 11.4 Å². The van der Waals surface area contributed by atoms with Crippen molar-refractivity contribution in [1.82, 2.24) is 0 Å². The summed E-state index contributed by atoms with van der Waals surface area (Å²) in [5, 5.41) is 2.76. The number of carbonyl (C=O) groups is 1. The SMILES string of the molecule is Cc1ccc(NS(=O)(=O)c2ccc(C(=O)Nc3ccccc3)cc2)cc1C. The summed E-state index contributed by atoms with van der Waals surface area (Å²) in [5.41, 5.74) is 3.65. The van der Waals surface area contributed by atoms with Gasteiger partial charge in [0.05, 0.1) is 4.90 Å². The summed E-state index contributed by atoms with van der Waals surface area (Å²) < 4.78 is 27.7. The quantitative estimate of drug-likeness (QED) is 0.691. The van der Waals surface area contributed by atoms with E-state index < -0.39 is 10.0 Å². The maximum atomic E-state index is 12.6. The lowest BCUT2D eigenvalue weighted by Crippen LogP contribution is -2.15. The molecule has 0 saturated carbocycles. The van der Waals surface area contributed by atoms with E-state index in [1.54, 1.807) is 24.3 Å². The Labute approximate surface area is 159 Å². The van der Waals surface area contributed by atoms with Crippen LogP contribution in [-0.4, -0.2) is 14.3 Å². The first-order valence-corrected chi connectivity index (χ1v) is 9.90. The molecule has 6 heteroatoms. The number of hydrogen-bond acceptors (Lipinski definition) is 3. The normalized spacial score (nSPS) is 11.0. The van der Waals surface area contributed by atoms with Gasteiger partial charge in [-0.2, -0.15) is 0 Å². The highest BCUT2D eigenvalue weighted by Crippen LogP contribution is 2.19. The fourth-order valence-corrected chi connectivity index (χ4v) is 3.58. The van der Waals surface area contributed by atoms with E-state index in [0.717, 1.165) is 11.1 Å². The van der Waals surface area contributed by atoms with Crippen LogP contribution in [0.25, 0.3) is 0 Å². The third kappa shape index (κ3) is 4.54. The van der Waals surface area contributed by atoms with Crippen LogP contribution in [0, 0.1) is 13.8 Å². The number of hydrogen-bond donors (Lipinski definition) is 2. The van der Waals surface area contributed by atoms with Crippen LogP contribution < -0.4 is 10.0 Å². The summed E-state index contributed by atoms with van der Waals surface area (Å²) in [6.07, 6.45) is 0.